The monoisotopic (exact) mass is 1220 g/mol. The number of aliphatic hydroxyl groups excluding tert-OH is 5. The van der Waals surface area contributed by atoms with Gasteiger partial charge in [0.1, 0.15) is 24.4 Å². The van der Waals surface area contributed by atoms with Crippen LogP contribution in [0.15, 0.2) is 36.5 Å². The summed E-state index contributed by atoms with van der Waals surface area (Å²) < 4.78 is 16.7. The lowest BCUT2D eigenvalue weighted by Crippen LogP contribution is -2.60. The smallest absolute Gasteiger partial charge is 0.305 e. The van der Waals surface area contributed by atoms with Gasteiger partial charge in [0.15, 0.2) is 6.29 Å². The molecule has 11 heteroatoms. The van der Waals surface area contributed by atoms with E-state index in [-0.39, 0.29) is 18.5 Å². The summed E-state index contributed by atoms with van der Waals surface area (Å²) in [5, 5.41) is 54.3. The average Bonchev–Trinajstić information content (AvgIpc) is 3.20. The third-order valence-electron chi connectivity index (χ3n) is 17.7. The fourth-order valence-corrected chi connectivity index (χ4v) is 11.9. The van der Waals surface area contributed by atoms with Crippen LogP contribution in [-0.2, 0) is 23.8 Å². The van der Waals surface area contributed by atoms with Gasteiger partial charge in [-0.25, -0.2) is 0 Å². The van der Waals surface area contributed by atoms with Crippen LogP contribution in [0.4, 0.5) is 0 Å². The number of ether oxygens (including phenoxy) is 3. The van der Waals surface area contributed by atoms with Gasteiger partial charge >= 0.3 is 5.97 Å². The van der Waals surface area contributed by atoms with Crippen molar-refractivity contribution >= 4 is 11.9 Å². The Hall–Kier alpha value is -2.12. The zero-order chi connectivity index (χ0) is 62.3. The van der Waals surface area contributed by atoms with E-state index in [1.807, 2.05) is 6.08 Å². The summed E-state index contributed by atoms with van der Waals surface area (Å²) in [6, 6.07) is -0.808. The first-order valence-electron chi connectivity index (χ1n) is 37.3. The Morgan fingerprint density at radius 2 is 0.779 bits per heavy atom. The molecule has 1 aliphatic heterocycles. The minimum atomic E-state index is -1.57. The molecule has 7 atom stereocenters. The van der Waals surface area contributed by atoms with Crippen molar-refractivity contribution in [2.45, 2.75) is 410 Å². The SMILES string of the molecule is CCCCCCCCC/C=C/C(O)C(COC1OC(CO)C(O)C(O)C1O)NC(=O)CCCCCCCCCCCCCCCCC/C=C\C/C=C\CCCCCCCCCCCOC(=O)CCCCCCCCCCCCCCCCCCCC. The van der Waals surface area contributed by atoms with Gasteiger partial charge in [-0.2, -0.15) is 0 Å². The number of rotatable bonds is 66. The first-order valence-corrected chi connectivity index (χ1v) is 37.3. The molecule has 1 saturated heterocycles. The lowest BCUT2D eigenvalue weighted by atomic mass is 9.99. The van der Waals surface area contributed by atoms with Gasteiger partial charge in [-0.05, 0) is 64.2 Å². The number of amides is 1. The van der Waals surface area contributed by atoms with Gasteiger partial charge < -0.3 is 45.1 Å². The molecule has 0 spiro atoms. The van der Waals surface area contributed by atoms with Crippen LogP contribution in [0, 0.1) is 0 Å². The Labute approximate surface area is 530 Å². The molecule has 0 radical (unpaired) electrons. The third kappa shape index (κ3) is 52.6. The molecule has 0 saturated carbocycles. The van der Waals surface area contributed by atoms with Crippen LogP contribution < -0.4 is 5.32 Å². The van der Waals surface area contributed by atoms with Crippen LogP contribution in [0.2, 0.25) is 0 Å². The second kappa shape index (κ2) is 64.4. The van der Waals surface area contributed by atoms with E-state index >= 15 is 0 Å². The molecule has 1 heterocycles. The van der Waals surface area contributed by atoms with Gasteiger partial charge in [-0.1, -0.05) is 326 Å². The number of esters is 1. The molecule has 1 amide bonds. The number of nitrogens with one attached hydrogen (secondary N) is 1. The van der Waals surface area contributed by atoms with Crippen LogP contribution in [0.5, 0.6) is 0 Å². The molecule has 86 heavy (non-hydrogen) atoms. The number of aliphatic hydroxyl groups is 5. The van der Waals surface area contributed by atoms with Crippen LogP contribution in [0.3, 0.4) is 0 Å². The topological polar surface area (TPSA) is 175 Å². The summed E-state index contributed by atoms with van der Waals surface area (Å²) in [4.78, 5) is 25.1. The molecular weight excluding hydrogens is 1070 g/mol. The molecular formula is C75H141NO10. The van der Waals surface area contributed by atoms with Crippen molar-refractivity contribution in [3.63, 3.8) is 0 Å². The Bertz CT molecular complexity index is 1520. The van der Waals surface area contributed by atoms with Gasteiger partial charge in [-0.15, -0.1) is 0 Å². The second-order valence-corrected chi connectivity index (χ2v) is 26.0. The molecule has 0 aliphatic carbocycles. The second-order valence-electron chi connectivity index (χ2n) is 26.0. The summed E-state index contributed by atoms with van der Waals surface area (Å²) in [6.07, 6.45) is 73.1. The summed E-state index contributed by atoms with van der Waals surface area (Å²) in [5.74, 6) is -0.172. The molecule has 1 fully saturated rings. The van der Waals surface area contributed by atoms with E-state index in [1.54, 1.807) is 6.08 Å². The van der Waals surface area contributed by atoms with E-state index in [0.29, 0.717) is 19.4 Å². The standard InChI is InChI=1S/C75H141NO10/c1-3-5-7-9-11-13-14-15-16-17-34-37-40-43-47-51-55-59-63-71(80)84-64-60-56-52-48-44-41-38-35-32-30-28-26-24-22-20-18-19-21-23-25-27-29-31-33-36-39-42-46-50-54-58-62-70(79)76-67(68(78)61-57-53-49-45-12-10-8-6-4-2)66-85-75-74(83)73(82)72(81)69(65-77)86-75/h20,22,26,28,57,61,67-69,72-75,77-78,81-83H,3-19,21,23-25,27,29-56,58-60,62-66H2,1-2H3,(H,76,79)/b22-20-,28-26-,61-57+. The highest BCUT2D eigenvalue weighted by atomic mass is 16.7. The minimum absolute atomic E-state index is 0.0101. The fraction of sp³-hybridized carbons (Fsp3) is 0.893. The predicted octanol–water partition coefficient (Wildman–Crippen LogP) is 19.4. The first-order chi connectivity index (χ1) is 42.2. The van der Waals surface area contributed by atoms with E-state index in [4.69, 9.17) is 14.2 Å². The average molecular weight is 1220 g/mol. The summed E-state index contributed by atoms with van der Waals surface area (Å²) >= 11 is 0. The molecule has 0 bridgehead atoms. The van der Waals surface area contributed by atoms with E-state index < -0.39 is 49.5 Å². The van der Waals surface area contributed by atoms with Crippen molar-refractivity contribution in [1.29, 1.82) is 0 Å². The van der Waals surface area contributed by atoms with E-state index in [9.17, 15) is 35.1 Å². The summed E-state index contributed by atoms with van der Waals surface area (Å²) in [7, 11) is 0. The normalized spacial score (nSPS) is 18.1. The maximum absolute atomic E-state index is 13.0. The van der Waals surface area contributed by atoms with Crippen molar-refractivity contribution in [1.82, 2.24) is 5.32 Å². The van der Waals surface area contributed by atoms with Crippen LogP contribution in [0.1, 0.15) is 367 Å². The predicted molar refractivity (Wildman–Crippen MR) is 361 cm³/mol. The van der Waals surface area contributed by atoms with Gasteiger partial charge in [0.25, 0.3) is 0 Å². The molecule has 11 nitrogen and oxygen atoms in total. The number of hydrogen-bond acceptors (Lipinski definition) is 10. The Morgan fingerprint density at radius 3 is 1.17 bits per heavy atom. The van der Waals surface area contributed by atoms with Crippen LogP contribution in [-0.4, -0.2) is 100 Å². The molecule has 0 aromatic carbocycles. The Morgan fingerprint density at radius 1 is 0.430 bits per heavy atom. The number of hydrogen-bond donors (Lipinski definition) is 6. The van der Waals surface area contributed by atoms with Gasteiger partial charge in [0.2, 0.25) is 5.91 Å². The molecule has 0 aromatic rings. The highest BCUT2D eigenvalue weighted by molar-refractivity contribution is 5.76. The minimum Gasteiger partial charge on any atom is -0.466 e. The molecule has 1 rings (SSSR count). The van der Waals surface area contributed by atoms with Crippen molar-refractivity contribution in [3.8, 4) is 0 Å². The Kier molecular flexibility index (Phi) is 61.3. The highest BCUT2D eigenvalue weighted by Gasteiger charge is 2.44. The molecule has 1 aliphatic rings. The zero-order valence-electron chi connectivity index (χ0n) is 56.3. The van der Waals surface area contributed by atoms with Crippen LogP contribution in [0.25, 0.3) is 0 Å². The summed E-state index contributed by atoms with van der Waals surface area (Å²) in [6.45, 7) is 4.35. The molecule has 0 aromatic heterocycles. The lowest BCUT2D eigenvalue weighted by molar-refractivity contribution is -0.302. The third-order valence-corrected chi connectivity index (χ3v) is 17.7. The van der Waals surface area contributed by atoms with Crippen molar-refractivity contribution in [2.75, 3.05) is 19.8 Å². The maximum Gasteiger partial charge on any atom is 0.305 e. The van der Waals surface area contributed by atoms with Crippen molar-refractivity contribution in [2.24, 2.45) is 0 Å². The van der Waals surface area contributed by atoms with Crippen molar-refractivity contribution in [3.05, 3.63) is 36.5 Å². The quantitative estimate of drug-likeness (QED) is 0.0195. The van der Waals surface area contributed by atoms with Crippen molar-refractivity contribution < 1.29 is 49.3 Å². The maximum atomic E-state index is 13.0. The zero-order valence-corrected chi connectivity index (χ0v) is 56.3. The van der Waals surface area contributed by atoms with E-state index in [1.165, 1.54) is 283 Å². The number of carbonyl (C=O) groups excluding carboxylic acids is 2. The van der Waals surface area contributed by atoms with Gasteiger partial charge in [0.05, 0.1) is 32.0 Å². The van der Waals surface area contributed by atoms with Crippen LogP contribution >= 0.6 is 0 Å². The Balaban J connectivity index is 1.90. The van der Waals surface area contributed by atoms with Gasteiger partial charge in [-0.3, -0.25) is 9.59 Å². The molecule has 506 valence electrons. The fourth-order valence-electron chi connectivity index (χ4n) is 11.9. The number of carbonyl (C=O) groups is 2. The summed E-state index contributed by atoms with van der Waals surface area (Å²) in [5.41, 5.74) is 0. The van der Waals surface area contributed by atoms with E-state index in [0.717, 1.165) is 57.8 Å². The van der Waals surface area contributed by atoms with E-state index in [2.05, 4.69) is 43.5 Å². The number of unbranched alkanes of at least 4 members (excludes halogenated alkanes) is 48. The van der Waals surface area contributed by atoms with Gasteiger partial charge in [0, 0.05) is 12.8 Å². The largest absolute Gasteiger partial charge is 0.466 e. The number of allylic oxidation sites excluding steroid dienone is 5. The first kappa shape index (κ1) is 81.9. The molecule has 6 N–H and O–H groups in total. The highest BCUT2D eigenvalue weighted by Crippen LogP contribution is 2.23. The lowest BCUT2D eigenvalue weighted by Gasteiger charge is -2.40. The molecule has 7 unspecified atom stereocenters.